The van der Waals surface area contributed by atoms with Crippen molar-refractivity contribution in [1.82, 2.24) is 9.88 Å². The second-order valence-corrected chi connectivity index (χ2v) is 6.10. The molecule has 27 heavy (non-hydrogen) atoms. The number of carbonyl (C=O) groups excluding carboxylic acids is 2. The van der Waals surface area contributed by atoms with E-state index in [1.807, 2.05) is 24.3 Å². The van der Waals surface area contributed by atoms with E-state index in [0.717, 1.165) is 10.9 Å². The number of hydrogen-bond acceptors (Lipinski definition) is 2. The molecule has 0 aliphatic rings. The van der Waals surface area contributed by atoms with Crippen LogP contribution in [0.25, 0.3) is 10.9 Å². The van der Waals surface area contributed by atoms with Crippen LogP contribution in [0.4, 0.5) is 4.39 Å². The summed E-state index contributed by atoms with van der Waals surface area (Å²) in [6.45, 7) is 0.166. The molecule has 3 rings (SSSR count). The van der Waals surface area contributed by atoms with Crippen molar-refractivity contribution < 1.29 is 14.0 Å². The summed E-state index contributed by atoms with van der Waals surface area (Å²) in [5, 5.41) is 3.39. The highest BCUT2D eigenvalue weighted by molar-refractivity contribution is 6.00. The second kappa shape index (κ2) is 7.75. The Morgan fingerprint density at radius 3 is 2.59 bits per heavy atom. The Hall–Kier alpha value is -3.59. The smallest absolute Gasteiger partial charge is 0.268 e. The van der Waals surface area contributed by atoms with Crippen LogP contribution in [0.2, 0.25) is 0 Å². The van der Waals surface area contributed by atoms with Crippen molar-refractivity contribution in [3.8, 4) is 12.3 Å². The van der Waals surface area contributed by atoms with E-state index in [0.29, 0.717) is 11.3 Å². The molecule has 0 fully saturated rings. The van der Waals surface area contributed by atoms with Gasteiger partial charge in [-0.05, 0) is 18.2 Å². The fourth-order valence-corrected chi connectivity index (χ4v) is 2.94. The zero-order chi connectivity index (χ0) is 19.4. The van der Waals surface area contributed by atoms with Crippen LogP contribution in [0.1, 0.15) is 22.5 Å². The lowest BCUT2D eigenvalue weighted by molar-refractivity contribution is -0.119. The summed E-state index contributed by atoms with van der Waals surface area (Å²) in [6.07, 6.45) is 5.23. The summed E-state index contributed by atoms with van der Waals surface area (Å²) >= 11 is 0. The summed E-state index contributed by atoms with van der Waals surface area (Å²) < 4.78 is 15.8. The first-order valence-electron chi connectivity index (χ1n) is 8.36. The number of aromatic nitrogens is 1. The van der Waals surface area contributed by atoms with E-state index in [-0.39, 0.29) is 18.8 Å². The van der Waals surface area contributed by atoms with E-state index < -0.39 is 17.9 Å². The van der Waals surface area contributed by atoms with Gasteiger partial charge in [0, 0.05) is 22.9 Å². The van der Waals surface area contributed by atoms with Crippen LogP contribution in [-0.4, -0.2) is 22.4 Å². The summed E-state index contributed by atoms with van der Waals surface area (Å²) in [4.78, 5) is 24.3. The van der Waals surface area contributed by atoms with Crippen molar-refractivity contribution >= 4 is 22.7 Å². The Morgan fingerprint density at radius 2 is 1.89 bits per heavy atom. The zero-order valence-electron chi connectivity index (χ0n) is 14.5. The average molecular weight is 363 g/mol. The van der Waals surface area contributed by atoms with Gasteiger partial charge in [-0.2, -0.15) is 0 Å². The summed E-state index contributed by atoms with van der Waals surface area (Å²) in [5.41, 5.74) is 6.82. The Labute approximate surface area is 156 Å². The molecule has 6 heteroatoms. The first kappa shape index (κ1) is 18.2. The molecule has 136 valence electrons. The van der Waals surface area contributed by atoms with Gasteiger partial charge in [0.05, 0.1) is 6.54 Å². The monoisotopic (exact) mass is 363 g/mol. The van der Waals surface area contributed by atoms with Gasteiger partial charge in [-0.1, -0.05) is 36.4 Å². The van der Waals surface area contributed by atoms with E-state index >= 15 is 0 Å². The van der Waals surface area contributed by atoms with Gasteiger partial charge in [-0.15, -0.1) is 12.3 Å². The van der Waals surface area contributed by atoms with E-state index in [9.17, 15) is 14.0 Å². The molecular formula is C21H18FN3O2. The third-order valence-corrected chi connectivity index (χ3v) is 4.30. The molecule has 0 aliphatic carbocycles. The van der Waals surface area contributed by atoms with Crippen molar-refractivity contribution in [2.45, 2.75) is 19.0 Å². The molecule has 1 heterocycles. The zero-order valence-corrected chi connectivity index (χ0v) is 14.5. The van der Waals surface area contributed by atoms with Crippen LogP contribution >= 0.6 is 0 Å². The minimum absolute atomic E-state index is 0.00534. The summed E-state index contributed by atoms with van der Waals surface area (Å²) in [5.74, 6) is 0.756. The predicted octanol–water partition coefficient (Wildman–Crippen LogP) is 2.44. The first-order valence-corrected chi connectivity index (χ1v) is 8.36. The molecule has 0 bridgehead atoms. The lowest BCUT2D eigenvalue weighted by Crippen LogP contribution is -2.44. The maximum atomic E-state index is 14.1. The minimum Gasteiger partial charge on any atom is -0.368 e. The molecule has 0 saturated carbocycles. The third-order valence-electron chi connectivity index (χ3n) is 4.30. The third kappa shape index (κ3) is 3.82. The number of nitrogens with one attached hydrogen (secondary N) is 1. The normalized spacial score (nSPS) is 11.7. The van der Waals surface area contributed by atoms with Gasteiger partial charge in [-0.3, -0.25) is 9.59 Å². The van der Waals surface area contributed by atoms with Gasteiger partial charge in [0.1, 0.15) is 17.6 Å². The van der Waals surface area contributed by atoms with E-state index in [2.05, 4.69) is 11.2 Å². The molecule has 0 spiro atoms. The second-order valence-electron chi connectivity index (χ2n) is 6.10. The Balaban J connectivity index is 2.02. The number of nitrogens with zero attached hydrogens (tertiary/aromatic N) is 1. The molecule has 0 radical (unpaired) electrons. The van der Waals surface area contributed by atoms with Gasteiger partial charge in [0.2, 0.25) is 5.91 Å². The topological polar surface area (TPSA) is 77.1 Å². The minimum atomic E-state index is -0.970. The fourth-order valence-electron chi connectivity index (χ4n) is 2.94. The van der Waals surface area contributed by atoms with Gasteiger partial charge >= 0.3 is 0 Å². The van der Waals surface area contributed by atoms with Crippen LogP contribution in [0.15, 0.2) is 54.6 Å². The molecular weight excluding hydrogens is 345 g/mol. The largest absolute Gasteiger partial charge is 0.368 e. The van der Waals surface area contributed by atoms with Crippen molar-refractivity contribution in [1.29, 1.82) is 0 Å². The van der Waals surface area contributed by atoms with E-state index in [1.165, 1.54) is 6.07 Å². The Morgan fingerprint density at radius 1 is 1.19 bits per heavy atom. The van der Waals surface area contributed by atoms with Crippen molar-refractivity contribution in [2.24, 2.45) is 5.73 Å². The number of rotatable bonds is 6. The number of hydrogen-bond donors (Lipinski definition) is 2. The first-order chi connectivity index (χ1) is 13.0. The number of halogens is 1. The molecule has 5 nitrogen and oxygen atoms in total. The lowest BCUT2D eigenvalue weighted by Gasteiger charge is -2.15. The maximum Gasteiger partial charge on any atom is 0.268 e. The SMILES string of the molecule is C#CC[C@@H](NC(=O)c1cc2ccccc2n1Cc1ccccc1F)C(N)=O. The lowest BCUT2D eigenvalue weighted by atomic mass is 10.2. The van der Waals surface area contributed by atoms with Crippen LogP contribution < -0.4 is 11.1 Å². The van der Waals surface area contributed by atoms with Gasteiger partial charge in [0.15, 0.2) is 0 Å². The molecule has 2 aromatic carbocycles. The van der Waals surface area contributed by atoms with Gasteiger partial charge in [-0.25, -0.2) is 4.39 Å². The molecule has 3 aromatic rings. The van der Waals surface area contributed by atoms with Crippen molar-refractivity contribution in [3.63, 3.8) is 0 Å². The Bertz CT molecular complexity index is 1050. The van der Waals surface area contributed by atoms with E-state index in [4.69, 9.17) is 12.2 Å². The number of para-hydroxylation sites is 1. The van der Waals surface area contributed by atoms with Gasteiger partial charge < -0.3 is 15.6 Å². The van der Waals surface area contributed by atoms with Crippen LogP contribution in [0.3, 0.4) is 0 Å². The number of benzene rings is 2. The van der Waals surface area contributed by atoms with Crippen molar-refractivity contribution in [3.05, 3.63) is 71.7 Å². The van der Waals surface area contributed by atoms with Crippen LogP contribution in [0, 0.1) is 18.2 Å². The van der Waals surface area contributed by atoms with E-state index in [1.54, 1.807) is 28.8 Å². The fraction of sp³-hybridized carbons (Fsp3) is 0.143. The Kier molecular flexibility index (Phi) is 5.23. The molecule has 1 atom stereocenters. The molecule has 0 saturated heterocycles. The number of fused-ring (bicyclic) bond motifs is 1. The molecule has 2 amide bonds. The number of carbonyl (C=O) groups is 2. The van der Waals surface area contributed by atoms with Crippen LogP contribution in [0.5, 0.6) is 0 Å². The van der Waals surface area contributed by atoms with Gasteiger partial charge in [0.25, 0.3) is 5.91 Å². The number of amides is 2. The molecule has 3 N–H and O–H groups in total. The number of primary amides is 1. The average Bonchev–Trinajstić information content (AvgIpc) is 3.02. The van der Waals surface area contributed by atoms with Crippen LogP contribution in [-0.2, 0) is 11.3 Å². The number of nitrogens with two attached hydrogens (primary N) is 1. The molecule has 0 aliphatic heterocycles. The van der Waals surface area contributed by atoms with Crippen molar-refractivity contribution in [2.75, 3.05) is 0 Å². The summed E-state index contributed by atoms with van der Waals surface area (Å²) in [6, 6.07) is 14.5. The molecule has 1 aromatic heterocycles. The quantitative estimate of drug-likeness (QED) is 0.660. The highest BCUT2D eigenvalue weighted by atomic mass is 19.1. The summed E-state index contributed by atoms with van der Waals surface area (Å²) in [7, 11) is 0. The highest BCUT2D eigenvalue weighted by Crippen LogP contribution is 2.22. The standard InChI is InChI=1S/C21H18FN3O2/c1-2-7-17(20(23)26)24-21(27)19-12-14-8-4-6-11-18(14)25(19)13-15-9-3-5-10-16(15)22/h1,3-6,8-12,17H,7,13H2,(H2,23,26)(H,24,27)/t17-/m1/s1. The molecule has 0 unspecified atom stereocenters. The number of terminal acetylenes is 1. The highest BCUT2D eigenvalue weighted by Gasteiger charge is 2.22. The predicted molar refractivity (Wildman–Crippen MR) is 101 cm³/mol. The maximum absolute atomic E-state index is 14.1.